The molecule has 1 aliphatic rings. The van der Waals surface area contributed by atoms with E-state index in [4.69, 9.17) is 19.0 Å². The van der Waals surface area contributed by atoms with Gasteiger partial charge in [0.15, 0.2) is 0 Å². The van der Waals surface area contributed by atoms with Crippen molar-refractivity contribution < 1.29 is 18.8 Å². The number of halogens is 1. The van der Waals surface area contributed by atoms with Gasteiger partial charge in [0.25, 0.3) is 0 Å². The number of benzene rings is 3. The number of hydrogen-bond donors (Lipinski definition) is 0. The van der Waals surface area contributed by atoms with Gasteiger partial charge in [-0.25, -0.2) is 4.79 Å². The molecule has 1 atom stereocenters. The SMILES string of the molecule is CC(=NC(=O)OC(C)(C)C)N1CCC[C@H]1c1nc(-c2ccc3cc(OCc4ccc(Br)cc4)ccc3c2)no1. The number of likely N-dealkylation sites (tertiary alicyclic amines) is 1. The van der Waals surface area contributed by atoms with Crippen LogP contribution in [0.2, 0.25) is 0 Å². The lowest BCUT2D eigenvalue weighted by Crippen LogP contribution is -2.30. The number of nitrogens with zero attached hydrogens (tertiary/aromatic N) is 4. The van der Waals surface area contributed by atoms with E-state index in [9.17, 15) is 4.79 Å². The summed E-state index contributed by atoms with van der Waals surface area (Å²) in [6.45, 7) is 8.52. The molecule has 1 amide bonds. The van der Waals surface area contributed by atoms with Crippen molar-refractivity contribution in [1.29, 1.82) is 0 Å². The van der Waals surface area contributed by atoms with Gasteiger partial charge in [-0.15, -0.1) is 0 Å². The van der Waals surface area contributed by atoms with Crippen LogP contribution >= 0.6 is 15.9 Å². The minimum absolute atomic E-state index is 0.136. The number of amides is 1. The van der Waals surface area contributed by atoms with E-state index in [1.807, 2.05) is 86.3 Å². The van der Waals surface area contributed by atoms with Gasteiger partial charge in [-0.05, 0) is 87.2 Å². The zero-order chi connectivity index (χ0) is 27.6. The summed E-state index contributed by atoms with van der Waals surface area (Å²) in [5.74, 6) is 2.43. The number of aromatic nitrogens is 2. The standard InChI is InChI=1S/C30H31BrN4O4/c1-19(32-29(36)38-30(2,3)4)35-15-5-6-26(35)28-33-27(34-39-28)23-10-9-22-17-25(14-11-21(22)16-23)37-18-20-7-12-24(31)13-8-20/h7-14,16-17,26H,5-6,15,18H2,1-4H3/t26-/m0/s1. The number of amidine groups is 1. The molecule has 3 aromatic carbocycles. The third kappa shape index (κ3) is 6.65. The fraction of sp³-hybridized carbons (Fsp3) is 0.333. The Bertz CT molecular complexity index is 1510. The molecule has 1 saturated heterocycles. The van der Waals surface area contributed by atoms with Crippen molar-refractivity contribution in [3.63, 3.8) is 0 Å². The molecule has 2 heterocycles. The molecule has 9 heteroatoms. The molecule has 0 spiro atoms. The zero-order valence-corrected chi connectivity index (χ0v) is 24.1. The molecule has 5 rings (SSSR count). The van der Waals surface area contributed by atoms with Crippen molar-refractivity contribution in [1.82, 2.24) is 15.0 Å². The first kappa shape index (κ1) is 26.9. The van der Waals surface area contributed by atoms with Gasteiger partial charge in [-0.3, -0.25) is 0 Å². The molecule has 0 bridgehead atoms. The monoisotopic (exact) mass is 590 g/mol. The molecule has 0 saturated carbocycles. The van der Waals surface area contributed by atoms with E-state index in [2.05, 4.69) is 26.1 Å². The zero-order valence-electron chi connectivity index (χ0n) is 22.5. The van der Waals surface area contributed by atoms with Gasteiger partial charge in [-0.1, -0.05) is 51.4 Å². The lowest BCUT2D eigenvalue weighted by atomic mass is 10.1. The Morgan fingerprint density at radius 3 is 2.62 bits per heavy atom. The third-order valence-electron chi connectivity index (χ3n) is 6.43. The number of rotatable bonds is 5. The highest BCUT2D eigenvalue weighted by Gasteiger charge is 2.32. The molecule has 8 nitrogen and oxygen atoms in total. The Labute approximate surface area is 236 Å². The number of carbonyl (C=O) groups excluding carboxylic acids is 1. The van der Waals surface area contributed by atoms with Gasteiger partial charge in [0.1, 0.15) is 29.8 Å². The van der Waals surface area contributed by atoms with Crippen molar-refractivity contribution in [3.05, 3.63) is 76.6 Å². The average Bonchev–Trinajstić information content (AvgIpc) is 3.57. The molecule has 1 aliphatic heterocycles. The van der Waals surface area contributed by atoms with Gasteiger partial charge in [0, 0.05) is 16.6 Å². The summed E-state index contributed by atoms with van der Waals surface area (Å²) in [5, 5.41) is 6.37. The second-order valence-corrected chi connectivity index (χ2v) is 11.5. The maximum absolute atomic E-state index is 12.2. The van der Waals surface area contributed by atoms with Crippen LogP contribution in [0, 0.1) is 0 Å². The van der Waals surface area contributed by atoms with E-state index in [1.54, 1.807) is 6.92 Å². The highest BCUT2D eigenvalue weighted by Crippen LogP contribution is 2.33. The van der Waals surface area contributed by atoms with Crippen LogP contribution in [0.1, 0.15) is 58.0 Å². The van der Waals surface area contributed by atoms with E-state index < -0.39 is 11.7 Å². The first-order valence-corrected chi connectivity index (χ1v) is 13.7. The Morgan fingerprint density at radius 2 is 1.85 bits per heavy atom. The molecule has 0 unspecified atom stereocenters. The molecule has 39 heavy (non-hydrogen) atoms. The number of carbonyl (C=O) groups is 1. The lowest BCUT2D eigenvalue weighted by Gasteiger charge is -2.24. The molecule has 1 fully saturated rings. The third-order valence-corrected chi connectivity index (χ3v) is 6.96. The molecule has 0 radical (unpaired) electrons. The molecule has 202 valence electrons. The van der Waals surface area contributed by atoms with Crippen molar-refractivity contribution in [2.75, 3.05) is 6.54 Å². The fourth-order valence-electron chi connectivity index (χ4n) is 4.58. The molecular weight excluding hydrogens is 560 g/mol. The summed E-state index contributed by atoms with van der Waals surface area (Å²) < 4.78 is 18.1. The number of aliphatic imine (C=N–C) groups is 1. The van der Waals surface area contributed by atoms with E-state index >= 15 is 0 Å². The molecule has 4 aromatic rings. The second kappa shape index (κ2) is 11.2. The highest BCUT2D eigenvalue weighted by molar-refractivity contribution is 9.10. The summed E-state index contributed by atoms with van der Waals surface area (Å²) >= 11 is 3.46. The van der Waals surface area contributed by atoms with Gasteiger partial charge in [-0.2, -0.15) is 9.98 Å². The largest absolute Gasteiger partial charge is 0.489 e. The summed E-state index contributed by atoms with van der Waals surface area (Å²) in [6, 6.07) is 20.1. The molecule has 1 aromatic heterocycles. The first-order valence-electron chi connectivity index (χ1n) is 12.9. The smallest absolute Gasteiger partial charge is 0.435 e. The van der Waals surface area contributed by atoms with Crippen LogP contribution in [0.3, 0.4) is 0 Å². The van der Waals surface area contributed by atoms with Crippen LogP contribution < -0.4 is 4.74 Å². The minimum atomic E-state index is -0.602. The summed E-state index contributed by atoms with van der Waals surface area (Å²) in [7, 11) is 0. The van der Waals surface area contributed by atoms with Crippen molar-refractivity contribution in [2.45, 2.75) is 58.8 Å². The van der Waals surface area contributed by atoms with Gasteiger partial charge < -0.3 is 18.9 Å². The topological polar surface area (TPSA) is 90.0 Å². The van der Waals surface area contributed by atoms with Crippen molar-refractivity contribution in [2.24, 2.45) is 4.99 Å². The Kier molecular flexibility index (Phi) is 7.70. The predicted octanol–water partition coefficient (Wildman–Crippen LogP) is 7.72. The second-order valence-electron chi connectivity index (χ2n) is 10.6. The van der Waals surface area contributed by atoms with Gasteiger partial charge in [0.2, 0.25) is 11.7 Å². The normalized spacial score (nSPS) is 16.1. The van der Waals surface area contributed by atoms with Crippen LogP contribution in [0.15, 0.2) is 74.7 Å². The van der Waals surface area contributed by atoms with Gasteiger partial charge >= 0.3 is 6.09 Å². The summed E-state index contributed by atoms with van der Waals surface area (Å²) in [6.07, 6.45) is 1.17. The Balaban J connectivity index is 1.28. The number of hydrogen-bond acceptors (Lipinski definition) is 6. The fourth-order valence-corrected chi connectivity index (χ4v) is 4.84. The highest BCUT2D eigenvalue weighted by atomic mass is 79.9. The quantitative estimate of drug-likeness (QED) is 0.173. The van der Waals surface area contributed by atoms with Crippen LogP contribution in [0.5, 0.6) is 5.75 Å². The molecule has 0 N–H and O–H groups in total. The maximum atomic E-state index is 12.2. The minimum Gasteiger partial charge on any atom is -0.489 e. The summed E-state index contributed by atoms with van der Waals surface area (Å²) in [4.78, 5) is 23.1. The number of fused-ring (bicyclic) bond motifs is 1. The van der Waals surface area contributed by atoms with Gasteiger partial charge in [0.05, 0.1) is 0 Å². The molecule has 0 aliphatic carbocycles. The predicted molar refractivity (Wildman–Crippen MR) is 154 cm³/mol. The maximum Gasteiger partial charge on any atom is 0.435 e. The van der Waals surface area contributed by atoms with E-state index in [0.29, 0.717) is 24.2 Å². The average molecular weight is 592 g/mol. The van der Waals surface area contributed by atoms with Crippen LogP contribution in [-0.4, -0.2) is 39.1 Å². The number of ether oxygens (including phenoxy) is 2. The Hall–Kier alpha value is -3.72. The van der Waals surface area contributed by atoms with Crippen molar-refractivity contribution in [3.8, 4) is 17.1 Å². The van der Waals surface area contributed by atoms with E-state index in [1.165, 1.54) is 0 Å². The van der Waals surface area contributed by atoms with E-state index in [0.717, 1.165) is 51.5 Å². The first-order chi connectivity index (χ1) is 18.6. The van der Waals surface area contributed by atoms with Crippen LogP contribution in [-0.2, 0) is 11.3 Å². The van der Waals surface area contributed by atoms with Crippen molar-refractivity contribution >= 4 is 38.6 Å². The molecular formula is C30H31BrN4O4. The van der Waals surface area contributed by atoms with Crippen LogP contribution in [0.4, 0.5) is 4.79 Å². The van der Waals surface area contributed by atoms with Crippen LogP contribution in [0.25, 0.3) is 22.2 Å². The Morgan fingerprint density at radius 1 is 1.10 bits per heavy atom. The lowest BCUT2D eigenvalue weighted by molar-refractivity contribution is 0.0601. The van der Waals surface area contributed by atoms with E-state index in [-0.39, 0.29) is 6.04 Å². The summed E-state index contributed by atoms with van der Waals surface area (Å²) in [5.41, 5.74) is 1.37.